The first-order valence-corrected chi connectivity index (χ1v) is 12.3. The Hall–Kier alpha value is -2.36. The topological polar surface area (TPSA) is 49.4 Å². The largest absolute Gasteiger partial charge is 0.349 e. The van der Waals surface area contributed by atoms with Crippen molar-refractivity contribution in [1.82, 2.24) is 10.2 Å². The number of hydrogen-bond donors (Lipinski definition) is 1. The average molecular weight is 433 g/mol. The molecule has 3 aliphatic carbocycles. The lowest BCUT2D eigenvalue weighted by atomic mass is 9.48. The van der Waals surface area contributed by atoms with Crippen LogP contribution in [0.1, 0.15) is 57.9 Å². The van der Waals surface area contributed by atoms with E-state index < -0.39 is 0 Å². The zero-order chi connectivity index (χ0) is 22.5. The highest BCUT2D eigenvalue weighted by Gasteiger charge is 2.60. The highest BCUT2D eigenvalue weighted by molar-refractivity contribution is 5.92. The standard InChI is InChI=1S/C28H36N2O2/c1-27-17-15-22-20(10-13-24-28(22,2)18-16-26(32)30(24)3)21(27)11-12-23(27)29-25(31)14-9-19-7-5-4-6-8-19/h4-9,14,16,18,20-24H,10-13,15,17H2,1-3H3,(H,29,31)/b14-9+/t20-,21-,22+,23?,24?,27-,28+/m0/s1. The minimum Gasteiger partial charge on any atom is -0.349 e. The van der Waals surface area contributed by atoms with E-state index in [4.69, 9.17) is 0 Å². The highest BCUT2D eigenvalue weighted by atomic mass is 16.2. The number of benzene rings is 1. The monoisotopic (exact) mass is 432 g/mol. The summed E-state index contributed by atoms with van der Waals surface area (Å²) < 4.78 is 0. The number of carbonyl (C=O) groups is 2. The molecule has 7 atom stereocenters. The van der Waals surface area contributed by atoms with Crippen molar-refractivity contribution in [1.29, 1.82) is 0 Å². The Balaban J connectivity index is 1.31. The van der Waals surface area contributed by atoms with Crippen molar-refractivity contribution in [3.05, 3.63) is 54.1 Å². The molecule has 3 fully saturated rings. The fraction of sp³-hybridized carbons (Fsp3) is 0.571. The maximum Gasteiger partial charge on any atom is 0.246 e. The minimum atomic E-state index is 0.0221. The normalized spacial score (nSPS) is 40.7. The van der Waals surface area contributed by atoms with E-state index in [2.05, 4.69) is 25.2 Å². The van der Waals surface area contributed by atoms with Gasteiger partial charge in [0.05, 0.1) is 0 Å². The molecule has 2 amide bonds. The molecule has 32 heavy (non-hydrogen) atoms. The van der Waals surface area contributed by atoms with Gasteiger partial charge in [-0.2, -0.15) is 0 Å². The first-order chi connectivity index (χ1) is 15.3. The van der Waals surface area contributed by atoms with Crippen molar-refractivity contribution in [2.24, 2.45) is 28.6 Å². The molecule has 0 bridgehead atoms. The van der Waals surface area contributed by atoms with Crippen LogP contribution < -0.4 is 5.32 Å². The van der Waals surface area contributed by atoms with Gasteiger partial charge in [0, 0.05) is 30.6 Å². The van der Waals surface area contributed by atoms with Crippen LogP contribution in [0.4, 0.5) is 0 Å². The van der Waals surface area contributed by atoms with E-state index in [1.165, 1.54) is 19.3 Å². The van der Waals surface area contributed by atoms with Crippen LogP contribution in [-0.2, 0) is 9.59 Å². The summed E-state index contributed by atoms with van der Waals surface area (Å²) in [6, 6.07) is 10.6. The SMILES string of the molecule is CN1C(=O)C=C[C@@]2(C)C1CC[C@@H]1[C@H]2CC[C@]2(C)C(NC(=O)/C=C/c3ccccc3)CC[C@@H]12. The maximum absolute atomic E-state index is 12.7. The van der Waals surface area contributed by atoms with Crippen molar-refractivity contribution >= 4 is 17.9 Å². The highest BCUT2D eigenvalue weighted by Crippen LogP contribution is 2.63. The van der Waals surface area contributed by atoms with Gasteiger partial charge in [-0.25, -0.2) is 0 Å². The predicted molar refractivity (Wildman–Crippen MR) is 127 cm³/mol. The number of amides is 2. The summed E-state index contributed by atoms with van der Waals surface area (Å²) in [6.07, 6.45) is 14.5. The second-order valence-corrected chi connectivity index (χ2v) is 11.0. The third kappa shape index (κ3) is 3.34. The van der Waals surface area contributed by atoms with Gasteiger partial charge >= 0.3 is 0 Å². The van der Waals surface area contributed by atoms with Crippen molar-refractivity contribution in [3.63, 3.8) is 0 Å². The third-order valence-electron chi connectivity index (χ3n) is 9.67. The second-order valence-electron chi connectivity index (χ2n) is 11.0. The molecule has 1 N–H and O–H groups in total. The Morgan fingerprint density at radius 3 is 2.62 bits per heavy atom. The van der Waals surface area contributed by atoms with Crippen LogP contribution in [0.25, 0.3) is 6.08 Å². The van der Waals surface area contributed by atoms with Crippen LogP contribution >= 0.6 is 0 Å². The number of rotatable bonds is 3. The first kappa shape index (κ1) is 21.5. The Morgan fingerprint density at radius 1 is 1.06 bits per heavy atom. The first-order valence-electron chi connectivity index (χ1n) is 12.3. The molecular weight excluding hydrogens is 396 g/mol. The van der Waals surface area contributed by atoms with E-state index in [0.29, 0.717) is 23.8 Å². The summed E-state index contributed by atoms with van der Waals surface area (Å²) in [7, 11) is 1.98. The number of nitrogens with one attached hydrogen (secondary N) is 1. The van der Waals surface area contributed by atoms with Crippen LogP contribution in [0.5, 0.6) is 0 Å². The molecule has 4 nitrogen and oxygen atoms in total. The zero-order valence-corrected chi connectivity index (χ0v) is 19.6. The fourth-order valence-electron chi connectivity index (χ4n) is 7.93. The summed E-state index contributed by atoms with van der Waals surface area (Å²) in [5.41, 5.74) is 1.29. The van der Waals surface area contributed by atoms with Gasteiger partial charge in [-0.05, 0) is 79.4 Å². The number of carbonyl (C=O) groups excluding carboxylic acids is 2. The molecule has 1 heterocycles. The molecule has 170 valence electrons. The zero-order valence-electron chi connectivity index (χ0n) is 19.6. The van der Waals surface area contributed by atoms with Crippen LogP contribution in [0.3, 0.4) is 0 Å². The van der Waals surface area contributed by atoms with Gasteiger partial charge in [-0.1, -0.05) is 50.3 Å². The van der Waals surface area contributed by atoms with Gasteiger partial charge in [0.1, 0.15) is 0 Å². The Labute approximate surface area is 192 Å². The van der Waals surface area contributed by atoms with Crippen molar-refractivity contribution in [2.45, 2.75) is 64.5 Å². The predicted octanol–water partition coefficient (Wildman–Crippen LogP) is 4.82. The van der Waals surface area contributed by atoms with Crippen LogP contribution in [0.15, 0.2) is 48.6 Å². The minimum absolute atomic E-state index is 0.0221. The Bertz CT molecular complexity index is 953. The lowest BCUT2D eigenvalue weighted by Gasteiger charge is -2.60. The molecule has 1 aromatic carbocycles. The molecule has 0 radical (unpaired) electrons. The van der Waals surface area contributed by atoms with Crippen LogP contribution in [0, 0.1) is 28.6 Å². The van der Waals surface area contributed by atoms with Gasteiger partial charge in [-0.15, -0.1) is 0 Å². The number of hydrogen-bond acceptors (Lipinski definition) is 2. The molecule has 2 unspecified atom stereocenters. The van der Waals surface area contributed by atoms with Gasteiger partial charge in [-0.3, -0.25) is 9.59 Å². The van der Waals surface area contributed by atoms with E-state index in [-0.39, 0.29) is 28.7 Å². The van der Waals surface area contributed by atoms with Crippen molar-refractivity contribution < 1.29 is 9.59 Å². The van der Waals surface area contributed by atoms with E-state index in [1.807, 2.05) is 54.4 Å². The average Bonchev–Trinajstić information content (AvgIpc) is 3.12. The molecule has 0 spiro atoms. The molecule has 1 aliphatic heterocycles. The number of nitrogens with zero attached hydrogens (tertiary/aromatic N) is 1. The lowest BCUT2D eigenvalue weighted by Crippen LogP contribution is -2.60. The summed E-state index contributed by atoms with van der Waals surface area (Å²) in [4.78, 5) is 27.0. The van der Waals surface area contributed by atoms with E-state index >= 15 is 0 Å². The number of fused-ring (bicyclic) bond motifs is 5. The molecule has 0 aromatic heterocycles. The lowest BCUT2D eigenvalue weighted by molar-refractivity contribution is -0.138. The molecular formula is C28H36N2O2. The summed E-state index contributed by atoms with van der Waals surface area (Å²) in [5, 5.41) is 3.37. The van der Waals surface area contributed by atoms with Gasteiger partial charge in [0.15, 0.2) is 0 Å². The van der Waals surface area contributed by atoms with E-state index in [1.54, 1.807) is 6.08 Å². The molecule has 5 rings (SSSR count). The Kier molecular flexibility index (Phi) is 5.30. The molecule has 1 aromatic rings. The summed E-state index contributed by atoms with van der Waals surface area (Å²) in [6.45, 7) is 4.81. The van der Waals surface area contributed by atoms with Gasteiger partial charge in [0.25, 0.3) is 0 Å². The number of likely N-dealkylation sites (N-methyl/N-ethyl adjacent to an activating group) is 1. The van der Waals surface area contributed by atoms with E-state index in [0.717, 1.165) is 24.8 Å². The van der Waals surface area contributed by atoms with Crippen molar-refractivity contribution in [2.75, 3.05) is 7.05 Å². The third-order valence-corrected chi connectivity index (χ3v) is 9.67. The van der Waals surface area contributed by atoms with Gasteiger partial charge in [0.2, 0.25) is 11.8 Å². The second kappa shape index (κ2) is 7.90. The maximum atomic E-state index is 12.7. The molecule has 3 saturated carbocycles. The molecule has 4 heteroatoms. The van der Waals surface area contributed by atoms with Crippen LogP contribution in [-0.4, -0.2) is 35.8 Å². The summed E-state index contributed by atoms with van der Waals surface area (Å²) >= 11 is 0. The smallest absolute Gasteiger partial charge is 0.246 e. The molecule has 4 aliphatic rings. The Morgan fingerprint density at radius 2 is 1.84 bits per heavy atom. The van der Waals surface area contributed by atoms with Gasteiger partial charge < -0.3 is 10.2 Å². The molecule has 0 saturated heterocycles. The van der Waals surface area contributed by atoms with Crippen molar-refractivity contribution in [3.8, 4) is 0 Å². The van der Waals surface area contributed by atoms with Crippen LogP contribution in [0.2, 0.25) is 0 Å². The quantitative estimate of drug-likeness (QED) is 0.696. The van der Waals surface area contributed by atoms with E-state index in [9.17, 15) is 9.59 Å². The fourth-order valence-corrected chi connectivity index (χ4v) is 7.93. The summed E-state index contributed by atoms with van der Waals surface area (Å²) in [5.74, 6) is 2.13.